The van der Waals surface area contributed by atoms with E-state index in [1.165, 1.54) is 10.8 Å². The van der Waals surface area contributed by atoms with Gasteiger partial charge in [-0.15, -0.1) is 0 Å². The van der Waals surface area contributed by atoms with Gasteiger partial charge in [-0.05, 0) is 58.3 Å². The standard InChI is InChI=1S/C44H28N4/c1-3-10-30(11-4-1)42-28-43(31-12-5-2-6-13-31)48-44(47-42)39-24-22-33-17-19-36(27-41(33)46-39)35-18-16-32-21-23-38(45-40(32)26-35)37-20-15-29-9-7-8-14-34(29)25-37/h1-28H. The van der Waals surface area contributed by atoms with Crippen molar-refractivity contribution in [1.82, 2.24) is 19.9 Å². The first-order valence-corrected chi connectivity index (χ1v) is 16.1. The third kappa shape index (κ3) is 5.25. The number of hydrogen-bond acceptors (Lipinski definition) is 4. The number of rotatable bonds is 5. The minimum absolute atomic E-state index is 0.596. The number of nitrogens with zero attached hydrogens (tertiary/aromatic N) is 4. The van der Waals surface area contributed by atoms with Crippen LogP contribution in [0.4, 0.5) is 0 Å². The van der Waals surface area contributed by atoms with Crippen molar-refractivity contribution >= 4 is 32.6 Å². The predicted molar refractivity (Wildman–Crippen MR) is 197 cm³/mol. The monoisotopic (exact) mass is 612 g/mol. The largest absolute Gasteiger partial charge is 0.248 e. The summed E-state index contributed by atoms with van der Waals surface area (Å²) in [6.45, 7) is 0. The molecule has 0 spiro atoms. The first kappa shape index (κ1) is 27.8. The molecule has 3 heterocycles. The highest BCUT2D eigenvalue weighted by molar-refractivity contribution is 5.91. The fourth-order valence-corrected chi connectivity index (χ4v) is 6.30. The van der Waals surface area contributed by atoms with E-state index in [2.05, 4.69) is 121 Å². The average Bonchev–Trinajstić information content (AvgIpc) is 3.17. The Morgan fingerprint density at radius 2 is 0.729 bits per heavy atom. The fourth-order valence-electron chi connectivity index (χ4n) is 6.30. The molecule has 3 aromatic heterocycles. The molecular formula is C44H28N4. The molecule has 0 aliphatic heterocycles. The lowest BCUT2D eigenvalue weighted by Gasteiger charge is -2.10. The van der Waals surface area contributed by atoms with Gasteiger partial charge in [-0.2, -0.15) is 0 Å². The molecule has 0 bridgehead atoms. The van der Waals surface area contributed by atoms with E-state index >= 15 is 0 Å². The highest BCUT2D eigenvalue weighted by atomic mass is 14.9. The third-order valence-corrected chi connectivity index (χ3v) is 8.86. The van der Waals surface area contributed by atoms with Crippen LogP contribution in [0, 0.1) is 0 Å². The number of aromatic nitrogens is 4. The van der Waals surface area contributed by atoms with Crippen LogP contribution in [0.3, 0.4) is 0 Å². The maximum absolute atomic E-state index is 5.10. The maximum atomic E-state index is 5.10. The van der Waals surface area contributed by atoms with Gasteiger partial charge >= 0.3 is 0 Å². The molecule has 0 N–H and O–H groups in total. The van der Waals surface area contributed by atoms with E-state index in [1.54, 1.807) is 0 Å². The van der Waals surface area contributed by atoms with E-state index in [0.717, 1.165) is 72.4 Å². The number of benzene rings is 6. The van der Waals surface area contributed by atoms with Gasteiger partial charge in [0.15, 0.2) is 5.82 Å². The summed E-state index contributed by atoms with van der Waals surface area (Å²) in [5, 5.41) is 4.60. The second-order valence-electron chi connectivity index (χ2n) is 12.0. The summed E-state index contributed by atoms with van der Waals surface area (Å²) >= 11 is 0. The van der Waals surface area contributed by atoms with Crippen molar-refractivity contribution in [3.05, 3.63) is 170 Å². The molecule has 0 aliphatic rings. The summed E-state index contributed by atoms with van der Waals surface area (Å²) in [6.07, 6.45) is 0. The van der Waals surface area contributed by atoms with Crippen molar-refractivity contribution in [2.24, 2.45) is 0 Å². The Morgan fingerprint density at radius 3 is 1.35 bits per heavy atom. The lowest BCUT2D eigenvalue weighted by atomic mass is 10.0. The number of pyridine rings is 2. The van der Waals surface area contributed by atoms with Crippen molar-refractivity contribution in [2.75, 3.05) is 0 Å². The van der Waals surface area contributed by atoms with E-state index in [-0.39, 0.29) is 0 Å². The van der Waals surface area contributed by atoms with Gasteiger partial charge in [-0.1, -0.05) is 133 Å². The highest BCUT2D eigenvalue weighted by Gasteiger charge is 2.13. The van der Waals surface area contributed by atoms with Crippen LogP contribution in [0.1, 0.15) is 0 Å². The molecule has 9 aromatic rings. The summed E-state index contributed by atoms with van der Waals surface area (Å²) in [7, 11) is 0. The van der Waals surface area contributed by atoms with Gasteiger partial charge < -0.3 is 0 Å². The van der Waals surface area contributed by atoms with E-state index in [9.17, 15) is 0 Å². The van der Waals surface area contributed by atoms with Crippen LogP contribution in [-0.4, -0.2) is 19.9 Å². The zero-order valence-corrected chi connectivity index (χ0v) is 26.0. The van der Waals surface area contributed by atoms with Crippen molar-refractivity contribution in [2.45, 2.75) is 0 Å². The van der Waals surface area contributed by atoms with Crippen LogP contribution < -0.4 is 0 Å². The van der Waals surface area contributed by atoms with Crippen LogP contribution in [0.25, 0.3) is 89.0 Å². The van der Waals surface area contributed by atoms with E-state index in [0.29, 0.717) is 5.82 Å². The molecule has 0 radical (unpaired) electrons. The van der Waals surface area contributed by atoms with Crippen molar-refractivity contribution in [1.29, 1.82) is 0 Å². The van der Waals surface area contributed by atoms with E-state index < -0.39 is 0 Å². The second kappa shape index (κ2) is 11.7. The molecule has 4 nitrogen and oxygen atoms in total. The van der Waals surface area contributed by atoms with Gasteiger partial charge in [0.1, 0.15) is 5.69 Å². The number of fused-ring (bicyclic) bond motifs is 3. The summed E-state index contributed by atoms with van der Waals surface area (Å²) in [5.41, 5.74) is 10.6. The topological polar surface area (TPSA) is 51.6 Å². The van der Waals surface area contributed by atoms with Crippen molar-refractivity contribution < 1.29 is 0 Å². The smallest absolute Gasteiger partial charge is 0.179 e. The van der Waals surface area contributed by atoms with Crippen molar-refractivity contribution in [3.8, 4) is 56.4 Å². The van der Waals surface area contributed by atoms with Gasteiger partial charge in [0.25, 0.3) is 0 Å². The lowest BCUT2D eigenvalue weighted by Crippen LogP contribution is -1.97. The molecule has 224 valence electrons. The lowest BCUT2D eigenvalue weighted by molar-refractivity contribution is 1.16. The summed E-state index contributed by atoms with van der Waals surface area (Å²) in [6, 6.07) is 58.7. The third-order valence-electron chi connectivity index (χ3n) is 8.86. The molecule has 0 aliphatic carbocycles. The molecule has 4 heteroatoms. The Hall–Kier alpha value is -6.52. The van der Waals surface area contributed by atoms with Crippen LogP contribution >= 0.6 is 0 Å². The van der Waals surface area contributed by atoms with Crippen molar-refractivity contribution in [3.63, 3.8) is 0 Å². The Labute approximate surface area is 278 Å². The van der Waals surface area contributed by atoms with E-state index in [4.69, 9.17) is 19.9 Å². The first-order chi connectivity index (χ1) is 23.7. The quantitative estimate of drug-likeness (QED) is 0.194. The Morgan fingerprint density at radius 1 is 0.250 bits per heavy atom. The fraction of sp³-hybridized carbons (Fsp3) is 0. The molecule has 0 atom stereocenters. The zero-order valence-electron chi connectivity index (χ0n) is 26.0. The maximum Gasteiger partial charge on any atom is 0.179 e. The molecule has 0 amide bonds. The average molecular weight is 613 g/mol. The Kier molecular flexibility index (Phi) is 6.76. The Bertz CT molecular complexity index is 2560. The SMILES string of the molecule is c1ccc(-c2cc(-c3ccccc3)nc(-c3ccc4ccc(-c5ccc6ccc(-c7ccc8ccccc8c7)nc6c5)cc4n3)n2)cc1. The van der Waals surface area contributed by atoms with Crippen LogP contribution in [0.5, 0.6) is 0 Å². The van der Waals surface area contributed by atoms with Gasteiger partial charge in [-0.25, -0.2) is 19.9 Å². The minimum atomic E-state index is 0.596. The predicted octanol–water partition coefficient (Wildman–Crippen LogP) is 11.1. The molecule has 0 saturated heterocycles. The molecular weight excluding hydrogens is 585 g/mol. The van der Waals surface area contributed by atoms with Gasteiger partial charge in [0.05, 0.1) is 28.1 Å². The molecule has 48 heavy (non-hydrogen) atoms. The molecule has 9 rings (SSSR count). The second-order valence-corrected chi connectivity index (χ2v) is 12.0. The molecule has 0 fully saturated rings. The molecule has 0 unspecified atom stereocenters. The summed E-state index contributed by atoms with van der Waals surface area (Å²) < 4.78 is 0. The van der Waals surface area contributed by atoms with Gasteiger partial charge in [-0.3, -0.25) is 0 Å². The van der Waals surface area contributed by atoms with Crippen LogP contribution in [0.2, 0.25) is 0 Å². The Balaban J connectivity index is 1.11. The highest BCUT2D eigenvalue weighted by Crippen LogP contribution is 2.31. The van der Waals surface area contributed by atoms with Crippen LogP contribution in [-0.2, 0) is 0 Å². The summed E-state index contributed by atoms with van der Waals surface area (Å²) in [4.78, 5) is 20.2. The van der Waals surface area contributed by atoms with Gasteiger partial charge in [0.2, 0.25) is 0 Å². The zero-order chi connectivity index (χ0) is 31.9. The van der Waals surface area contributed by atoms with Crippen LogP contribution in [0.15, 0.2) is 170 Å². The number of hydrogen-bond donors (Lipinski definition) is 0. The summed E-state index contributed by atoms with van der Waals surface area (Å²) in [5.74, 6) is 0.596. The van der Waals surface area contributed by atoms with Gasteiger partial charge in [0, 0.05) is 27.5 Å². The molecule has 6 aromatic carbocycles. The van der Waals surface area contributed by atoms with E-state index in [1.807, 2.05) is 48.5 Å². The first-order valence-electron chi connectivity index (χ1n) is 16.1. The molecule has 0 saturated carbocycles. The normalized spacial score (nSPS) is 11.3. The minimum Gasteiger partial charge on any atom is -0.248 e.